The molecule has 1 N–H and O–H groups in total. The molecule has 0 radical (unpaired) electrons. The molecule has 1 aliphatic heterocycles. The predicted octanol–water partition coefficient (Wildman–Crippen LogP) is 0.926. The van der Waals surface area contributed by atoms with Gasteiger partial charge < -0.3 is 9.80 Å². The van der Waals surface area contributed by atoms with Crippen molar-refractivity contribution < 1.29 is 4.79 Å². The van der Waals surface area contributed by atoms with E-state index < -0.39 is 0 Å². The van der Waals surface area contributed by atoms with Crippen LogP contribution in [-0.2, 0) is 11.2 Å². The standard InChI is InChI=1S/C14H25N5O/c1-11(2)8-13-10-18(3)6-7-19(13)14(20)5-4-12-9-15-17-16-12/h9,11,13H,4-8,10H2,1-3H3,(H,15,16,17). The highest BCUT2D eigenvalue weighted by Gasteiger charge is 2.29. The van der Waals surface area contributed by atoms with E-state index in [1.54, 1.807) is 6.20 Å². The van der Waals surface area contributed by atoms with E-state index in [4.69, 9.17) is 0 Å². The molecule has 2 heterocycles. The summed E-state index contributed by atoms with van der Waals surface area (Å²) in [4.78, 5) is 16.8. The zero-order valence-corrected chi connectivity index (χ0v) is 12.7. The van der Waals surface area contributed by atoms with E-state index >= 15 is 0 Å². The number of nitrogens with zero attached hydrogens (tertiary/aromatic N) is 4. The van der Waals surface area contributed by atoms with Crippen molar-refractivity contribution in [1.29, 1.82) is 0 Å². The molecule has 1 saturated heterocycles. The number of aryl methyl sites for hydroxylation is 1. The molecule has 0 bridgehead atoms. The van der Waals surface area contributed by atoms with Gasteiger partial charge in [-0.3, -0.25) is 4.79 Å². The van der Waals surface area contributed by atoms with E-state index in [0.717, 1.165) is 31.7 Å². The quantitative estimate of drug-likeness (QED) is 0.870. The monoisotopic (exact) mass is 279 g/mol. The zero-order valence-electron chi connectivity index (χ0n) is 12.7. The summed E-state index contributed by atoms with van der Waals surface area (Å²) < 4.78 is 0. The topological polar surface area (TPSA) is 65.1 Å². The molecule has 1 atom stereocenters. The average molecular weight is 279 g/mol. The smallest absolute Gasteiger partial charge is 0.223 e. The molecule has 0 aromatic carbocycles. The summed E-state index contributed by atoms with van der Waals surface area (Å²) in [7, 11) is 2.13. The van der Waals surface area contributed by atoms with Gasteiger partial charge in [-0.25, -0.2) is 0 Å². The van der Waals surface area contributed by atoms with Crippen molar-refractivity contribution in [2.45, 2.75) is 39.2 Å². The summed E-state index contributed by atoms with van der Waals surface area (Å²) in [6, 6.07) is 0.346. The number of carbonyl (C=O) groups excluding carboxylic acids is 1. The Kier molecular flexibility index (Phi) is 5.11. The normalized spacial score (nSPS) is 20.6. The first-order valence-electron chi connectivity index (χ1n) is 7.39. The Morgan fingerprint density at radius 1 is 1.50 bits per heavy atom. The van der Waals surface area contributed by atoms with Gasteiger partial charge in [0.2, 0.25) is 5.91 Å². The molecule has 1 aromatic heterocycles. The Balaban J connectivity index is 1.91. The number of piperazine rings is 1. The van der Waals surface area contributed by atoms with Gasteiger partial charge in [-0.15, -0.1) is 0 Å². The van der Waals surface area contributed by atoms with Crippen LogP contribution in [0.15, 0.2) is 6.20 Å². The van der Waals surface area contributed by atoms with Gasteiger partial charge in [0.25, 0.3) is 0 Å². The lowest BCUT2D eigenvalue weighted by molar-refractivity contribution is -0.136. The number of nitrogens with one attached hydrogen (secondary N) is 1. The van der Waals surface area contributed by atoms with Crippen LogP contribution < -0.4 is 0 Å². The van der Waals surface area contributed by atoms with Crippen LogP contribution in [0.2, 0.25) is 0 Å². The van der Waals surface area contributed by atoms with E-state index in [0.29, 0.717) is 24.8 Å². The highest BCUT2D eigenvalue weighted by atomic mass is 16.2. The third kappa shape index (κ3) is 4.03. The lowest BCUT2D eigenvalue weighted by Crippen LogP contribution is -2.54. The van der Waals surface area contributed by atoms with Crippen LogP contribution in [0.25, 0.3) is 0 Å². The second-order valence-electron chi connectivity index (χ2n) is 6.09. The maximum Gasteiger partial charge on any atom is 0.223 e. The SMILES string of the molecule is CC(C)CC1CN(C)CCN1C(=O)CCc1cn[nH]n1. The minimum atomic E-state index is 0.242. The van der Waals surface area contributed by atoms with Crippen LogP contribution in [0, 0.1) is 5.92 Å². The number of aromatic nitrogens is 3. The first-order valence-corrected chi connectivity index (χ1v) is 7.39. The number of likely N-dealkylation sites (N-methyl/N-ethyl adjacent to an activating group) is 1. The molecular formula is C14H25N5O. The number of aromatic amines is 1. The van der Waals surface area contributed by atoms with Gasteiger partial charge >= 0.3 is 0 Å². The van der Waals surface area contributed by atoms with Crippen LogP contribution >= 0.6 is 0 Å². The molecule has 0 saturated carbocycles. The minimum Gasteiger partial charge on any atom is -0.337 e. The Bertz CT molecular complexity index is 415. The van der Waals surface area contributed by atoms with Crippen molar-refractivity contribution in [2.24, 2.45) is 5.92 Å². The molecule has 1 amide bonds. The van der Waals surface area contributed by atoms with Crippen molar-refractivity contribution in [3.8, 4) is 0 Å². The lowest BCUT2D eigenvalue weighted by Gasteiger charge is -2.41. The summed E-state index contributed by atoms with van der Waals surface area (Å²) in [5, 5.41) is 10.3. The molecule has 1 unspecified atom stereocenters. The third-order valence-corrected chi connectivity index (χ3v) is 3.81. The van der Waals surface area contributed by atoms with Gasteiger partial charge in [0.05, 0.1) is 11.9 Å². The molecular weight excluding hydrogens is 254 g/mol. The molecule has 0 aliphatic carbocycles. The van der Waals surface area contributed by atoms with Crippen LogP contribution in [0.3, 0.4) is 0 Å². The van der Waals surface area contributed by atoms with E-state index in [1.807, 2.05) is 0 Å². The molecule has 0 spiro atoms. The van der Waals surface area contributed by atoms with Crippen LogP contribution in [0.1, 0.15) is 32.4 Å². The number of rotatable bonds is 5. The van der Waals surface area contributed by atoms with Crippen LogP contribution in [0.5, 0.6) is 0 Å². The largest absolute Gasteiger partial charge is 0.337 e. The van der Waals surface area contributed by atoms with Gasteiger partial charge in [0, 0.05) is 38.5 Å². The maximum absolute atomic E-state index is 12.4. The molecule has 1 aliphatic rings. The van der Waals surface area contributed by atoms with Crippen molar-refractivity contribution in [1.82, 2.24) is 25.2 Å². The first-order chi connectivity index (χ1) is 9.56. The van der Waals surface area contributed by atoms with Gasteiger partial charge in [-0.1, -0.05) is 13.8 Å². The van der Waals surface area contributed by atoms with Gasteiger partial charge in [0.15, 0.2) is 0 Å². The summed E-state index contributed by atoms with van der Waals surface area (Å²) in [5.41, 5.74) is 0.855. The molecule has 1 fully saturated rings. The van der Waals surface area contributed by atoms with Crippen molar-refractivity contribution in [3.05, 3.63) is 11.9 Å². The lowest BCUT2D eigenvalue weighted by atomic mass is 9.99. The summed E-state index contributed by atoms with van der Waals surface area (Å²) in [6.07, 6.45) is 3.93. The minimum absolute atomic E-state index is 0.242. The molecule has 112 valence electrons. The van der Waals surface area contributed by atoms with Gasteiger partial charge in [-0.05, 0) is 19.4 Å². The van der Waals surface area contributed by atoms with E-state index in [1.165, 1.54) is 0 Å². The Morgan fingerprint density at radius 2 is 2.30 bits per heavy atom. The molecule has 6 nitrogen and oxygen atoms in total. The highest BCUT2D eigenvalue weighted by Crippen LogP contribution is 2.18. The van der Waals surface area contributed by atoms with Crippen LogP contribution in [0.4, 0.5) is 0 Å². The number of hydrogen-bond acceptors (Lipinski definition) is 4. The maximum atomic E-state index is 12.4. The highest BCUT2D eigenvalue weighted by molar-refractivity contribution is 5.76. The van der Waals surface area contributed by atoms with Crippen LogP contribution in [-0.4, -0.2) is 63.8 Å². The summed E-state index contributed by atoms with van der Waals surface area (Å²) in [5.74, 6) is 0.851. The van der Waals surface area contributed by atoms with Gasteiger partial charge in [0.1, 0.15) is 0 Å². The third-order valence-electron chi connectivity index (χ3n) is 3.81. The number of amides is 1. The second-order valence-corrected chi connectivity index (χ2v) is 6.09. The average Bonchev–Trinajstić information content (AvgIpc) is 2.88. The summed E-state index contributed by atoms with van der Waals surface area (Å²) in [6.45, 7) is 7.21. The first kappa shape index (κ1) is 15.0. The van der Waals surface area contributed by atoms with Crippen molar-refractivity contribution in [3.63, 3.8) is 0 Å². The Morgan fingerprint density at radius 3 is 2.95 bits per heavy atom. The fourth-order valence-electron chi connectivity index (χ4n) is 2.81. The fourth-order valence-corrected chi connectivity index (χ4v) is 2.81. The predicted molar refractivity (Wildman–Crippen MR) is 77.2 cm³/mol. The second kappa shape index (κ2) is 6.83. The Hall–Kier alpha value is -1.43. The molecule has 1 aromatic rings. The van der Waals surface area contributed by atoms with Crippen molar-refractivity contribution >= 4 is 5.91 Å². The zero-order chi connectivity index (χ0) is 14.5. The number of hydrogen-bond donors (Lipinski definition) is 1. The molecule has 20 heavy (non-hydrogen) atoms. The summed E-state index contributed by atoms with van der Waals surface area (Å²) >= 11 is 0. The van der Waals surface area contributed by atoms with Gasteiger partial charge in [-0.2, -0.15) is 15.4 Å². The molecule has 2 rings (SSSR count). The van der Waals surface area contributed by atoms with Crippen molar-refractivity contribution in [2.75, 3.05) is 26.7 Å². The number of H-pyrrole nitrogens is 1. The van der Waals surface area contributed by atoms with E-state index in [9.17, 15) is 4.79 Å². The Labute approximate surface area is 120 Å². The fraction of sp³-hybridized carbons (Fsp3) is 0.786. The number of carbonyl (C=O) groups is 1. The molecule has 6 heteroatoms. The van der Waals surface area contributed by atoms with E-state index in [2.05, 4.69) is 46.1 Å². The van der Waals surface area contributed by atoms with E-state index in [-0.39, 0.29) is 5.91 Å².